The first-order valence-corrected chi connectivity index (χ1v) is 3.82. The highest BCUT2D eigenvalue weighted by molar-refractivity contribution is 6.38. The van der Waals surface area contributed by atoms with E-state index in [0.717, 1.165) is 6.92 Å². The molecular formula is C7H10N2O6. The molecule has 4 N–H and O–H groups in total. The van der Waals surface area contributed by atoms with Gasteiger partial charge >= 0.3 is 11.9 Å². The fraction of sp³-hybridized carbons (Fsp3) is 0.429. The summed E-state index contributed by atoms with van der Waals surface area (Å²) < 4.78 is 0. The SMILES string of the molecule is CC(=NO)C(=O)NC(CC(=O)O)C(=O)O. The number of carboxylic acids is 2. The first kappa shape index (κ1) is 12.9. The van der Waals surface area contributed by atoms with Crippen LogP contribution in [-0.4, -0.2) is 45.0 Å². The van der Waals surface area contributed by atoms with Gasteiger partial charge in [-0.25, -0.2) is 4.79 Å². The van der Waals surface area contributed by atoms with Crippen LogP contribution in [0.3, 0.4) is 0 Å². The second kappa shape index (κ2) is 5.58. The summed E-state index contributed by atoms with van der Waals surface area (Å²) in [6, 6.07) is -1.55. The monoisotopic (exact) mass is 218 g/mol. The molecule has 8 nitrogen and oxygen atoms in total. The van der Waals surface area contributed by atoms with Crippen LogP contribution < -0.4 is 5.32 Å². The fourth-order valence-electron chi connectivity index (χ4n) is 0.683. The van der Waals surface area contributed by atoms with E-state index in [2.05, 4.69) is 5.16 Å². The van der Waals surface area contributed by atoms with Crippen molar-refractivity contribution < 1.29 is 29.8 Å². The van der Waals surface area contributed by atoms with Crippen LogP contribution in [0.4, 0.5) is 0 Å². The van der Waals surface area contributed by atoms with Gasteiger partial charge < -0.3 is 20.7 Å². The molecule has 0 bridgehead atoms. The predicted octanol–water partition coefficient (Wildman–Crippen LogP) is -1.12. The Hall–Kier alpha value is -2.12. The number of carboxylic acid groups (broad SMARTS) is 2. The molecule has 1 unspecified atom stereocenters. The third-order valence-electron chi connectivity index (χ3n) is 1.46. The van der Waals surface area contributed by atoms with E-state index in [9.17, 15) is 14.4 Å². The molecular weight excluding hydrogens is 208 g/mol. The third-order valence-corrected chi connectivity index (χ3v) is 1.46. The summed E-state index contributed by atoms with van der Waals surface area (Å²) in [4.78, 5) is 31.8. The molecule has 0 saturated heterocycles. The lowest BCUT2D eigenvalue weighted by Gasteiger charge is -2.11. The number of oxime groups is 1. The first-order valence-electron chi connectivity index (χ1n) is 3.82. The maximum absolute atomic E-state index is 11.0. The Balaban J connectivity index is 4.49. The van der Waals surface area contributed by atoms with Gasteiger partial charge in [-0.2, -0.15) is 0 Å². The molecule has 8 heteroatoms. The Bertz CT molecular complexity index is 311. The molecule has 0 aromatic rings. The summed E-state index contributed by atoms with van der Waals surface area (Å²) in [5.74, 6) is -3.77. The molecule has 0 aliphatic carbocycles. The Morgan fingerprint density at radius 3 is 2.20 bits per heavy atom. The summed E-state index contributed by atoms with van der Waals surface area (Å²) in [6.07, 6.45) is -0.750. The van der Waals surface area contributed by atoms with Gasteiger partial charge in [0, 0.05) is 0 Å². The van der Waals surface area contributed by atoms with Crippen LogP contribution in [0.25, 0.3) is 0 Å². The van der Waals surface area contributed by atoms with Gasteiger partial charge in [0.25, 0.3) is 5.91 Å². The quantitative estimate of drug-likeness (QED) is 0.262. The average molecular weight is 218 g/mol. The van der Waals surface area contributed by atoms with Crippen LogP contribution >= 0.6 is 0 Å². The lowest BCUT2D eigenvalue weighted by atomic mass is 10.2. The summed E-state index contributed by atoms with van der Waals surface area (Å²) in [5, 5.41) is 29.5. The number of nitrogens with one attached hydrogen (secondary N) is 1. The van der Waals surface area contributed by atoms with Gasteiger partial charge in [-0.1, -0.05) is 5.16 Å². The van der Waals surface area contributed by atoms with Crippen LogP contribution in [-0.2, 0) is 14.4 Å². The molecule has 0 saturated carbocycles. The Kier molecular flexibility index (Phi) is 4.79. The Labute approximate surface area is 84.2 Å². The number of hydrogen-bond donors (Lipinski definition) is 4. The largest absolute Gasteiger partial charge is 0.481 e. The molecule has 1 atom stereocenters. The van der Waals surface area contributed by atoms with Crippen LogP contribution in [0.5, 0.6) is 0 Å². The van der Waals surface area contributed by atoms with E-state index in [0.29, 0.717) is 0 Å². The number of hydrogen-bond acceptors (Lipinski definition) is 5. The number of amides is 1. The van der Waals surface area contributed by atoms with Crippen molar-refractivity contribution in [2.75, 3.05) is 0 Å². The van der Waals surface area contributed by atoms with E-state index in [-0.39, 0.29) is 5.71 Å². The summed E-state index contributed by atoms with van der Waals surface area (Å²) in [6.45, 7) is 1.15. The molecule has 0 spiro atoms. The minimum Gasteiger partial charge on any atom is -0.481 e. The summed E-state index contributed by atoms with van der Waals surface area (Å²) >= 11 is 0. The molecule has 15 heavy (non-hydrogen) atoms. The zero-order chi connectivity index (χ0) is 12.0. The van der Waals surface area contributed by atoms with Crippen molar-refractivity contribution in [3.63, 3.8) is 0 Å². The molecule has 0 rings (SSSR count). The second-order valence-corrected chi connectivity index (χ2v) is 2.65. The van der Waals surface area contributed by atoms with E-state index in [1.807, 2.05) is 5.32 Å². The molecule has 0 aromatic heterocycles. The van der Waals surface area contributed by atoms with Gasteiger partial charge in [-0.3, -0.25) is 9.59 Å². The molecule has 1 amide bonds. The van der Waals surface area contributed by atoms with Crippen LogP contribution in [0, 0.1) is 0 Å². The molecule has 0 aromatic carbocycles. The van der Waals surface area contributed by atoms with Gasteiger partial charge in [0.15, 0.2) is 0 Å². The van der Waals surface area contributed by atoms with E-state index < -0.39 is 30.3 Å². The lowest BCUT2D eigenvalue weighted by molar-refractivity contribution is -0.146. The minimum atomic E-state index is -1.55. The van der Waals surface area contributed by atoms with Gasteiger partial charge in [0.1, 0.15) is 11.8 Å². The number of nitrogens with zero attached hydrogens (tertiary/aromatic N) is 1. The molecule has 0 fully saturated rings. The highest BCUT2D eigenvalue weighted by Gasteiger charge is 2.23. The molecule has 0 radical (unpaired) electrons. The molecule has 84 valence electrons. The lowest BCUT2D eigenvalue weighted by Crippen LogP contribution is -2.44. The number of aliphatic carboxylic acids is 2. The smallest absolute Gasteiger partial charge is 0.326 e. The van der Waals surface area contributed by atoms with Crippen molar-refractivity contribution in [1.29, 1.82) is 0 Å². The first-order chi connectivity index (χ1) is 6.88. The maximum Gasteiger partial charge on any atom is 0.326 e. The third kappa shape index (κ3) is 4.60. The van der Waals surface area contributed by atoms with Gasteiger partial charge in [-0.15, -0.1) is 0 Å². The van der Waals surface area contributed by atoms with E-state index >= 15 is 0 Å². The van der Waals surface area contributed by atoms with Crippen molar-refractivity contribution >= 4 is 23.6 Å². The standard InChI is InChI=1S/C7H10N2O6/c1-3(9-15)6(12)8-4(7(13)14)2-5(10)11/h4,15H,2H2,1H3,(H,8,12)(H,10,11)(H,13,14). The summed E-state index contributed by atoms with van der Waals surface area (Å²) in [7, 11) is 0. The Morgan fingerprint density at radius 1 is 1.33 bits per heavy atom. The topological polar surface area (TPSA) is 136 Å². The van der Waals surface area contributed by atoms with Crippen molar-refractivity contribution in [2.45, 2.75) is 19.4 Å². The average Bonchev–Trinajstić information content (AvgIpc) is 2.14. The van der Waals surface area contributed by atoms with E-state index in [1.165, 1.54) is 0 Å². The van der Waals surface area contributed by atoms with Crippen LogP contribution in [0.2, 0.25) is 0 Å². The highest BCUT2D eigenvalue weighted by Crippen LogP contribution is 1.93. The fourth-order valence-corrected chi connectivity index (χ4v) is 0.683. The van der Waals surface area contributed by atoms with Crippen molar-refractivity contribution in [3.05, 3.63) is 0 Å². The second-order valence-electron chi connectivity index (χ2n) is 2.65. The van der Waals surface area contributed by atoms with Gasteiger partial charge in [0.2, 0.25) is 0 Å². The number of carbonyl (C=O) groups is 3. The van der Waals surface area contributed by atoms with Crippen LogP contribution in [0.1, 0.15) is 13.3 Å². The zero-order valence-electron chi connectivity index (χ0n) is 7.80. The predicted molar refractivity (Wildman–Crippen MR) is 46.7 cm³/mol. The highest BCUT2D eigenvalue weighted by atomic mass is 16.4. The van der Waals surface area contributed by atoms with E-state index in [4.69, 9.17) is 15.4 Å². The van der Waals surface area contributed by atoms with Crippen molar-refractivity contribution in [1.82, 2.24) is 5.32 Å². The molecule has 0 heterocycles. The maximum atomic E-state index is 11.0. The normalized spacial score (nSPS) is 13.0. The molecule has 0 aliphatic heterocycles. The van der Waals surface area contributed by atoms with Gasteiger partial charge in [-0.05, 0) is 6.92 Å². The zero-order valence-corrected chi connectivity index (χ0v) is 7.80. The minimum absolute atomic E-state index is 0.355. The molecule has 0 aliphatic rings. The Morgan fingerprint density at radius 2 is 1.87 bits per heavy atom. The van der Waals surface area contributed by atoms with E-state index in [1.54, 1.807) is 0 Å². The van der Waals surface area contributed by atoms with Crippen molar-refractivity contribution in [3.8, 4) is 0 Å². The number of carbonyl (C=O) groups excluding carboxylic acids is 1. The van der Waals surface area contributed by atoms with Crippen molar-refractivity contribution in [2.24, 2.45) is 5.16 Å². The summed E-state index contributed by atoms with van der Waals surface area (Å²) in [5.41, 5.74) is -0.355. The van der Waals surface area contributed by atoms with Crippen LogP contribution in [0.15, 0.2) is 5.16 Å². The van der Waals surface area contributed by atoms with Gasteiger partial charge in [0.05, 0.1) is 6.42 Å². The number of rotatable bonds is 5.